The van der Waals surface area contributed by atoms with E-state index in [1.54, 1.807) is 36.4 Å². The van der Waals surface area contributed by atoms with Crippen molar-refractivity contribution in [3.05, 3.63) is 69.8 Å². The number of amides is 1. The predicted octanol–water partition coefficient (Wildman–Crippen LogP) is 2.31. The Morgan fingerprint density at radius 1 is 1.15 bits per heavy atom. The van der Waals surface area contributed by atoms with E-state index in [1.807, 2.05) is 0 Å². The first-order valence-electron chi connectivity index (χ1n) is 5.95. The third-order valence-corrected chi connectivity index (χ3v) is 2.80. The molecule has 6 heteroatoms. The summed E-state index contributed by atoms with van der Waals surface area (Å²) in [7, 11) is 0. The summed E-state index contributed by atoms with van der Waals surface area (Å²) in [6, 6.07) is 12.8. The Kier molecular flexibility index (Phi) is 4.07. The highest BCUT2D eigenvalue weighted by Crippen LogP contribution is 2.23. The Hall–Kier alpha value is -2.73. The summed E-state index contributed by atoms with van der Waals surface area (Å²) in [6.45, 7) is 0.395. The van der Waals surface area contributed by atoms with Crippen molar-refractivity contribution < 1.29 is 9.72 Å². The smallest absolute Gasteiger partial charge is 0.292 e. The topological polar surface area (TPSA) is 98.3 Å². The van der Waals surface area contributed by atoms with Crippen LogP contribution < -0.4 is 11.1 Å². The molecule has 2 aromatic rings. The minimum atomic E-state index is -0.535. The first-order valence-corrected chi connectivity index (χ1v) is 5.95. The number of hydrogen-bond acceptors (Lipinski definition) is 4. The SMILES string of the molecule is NCc1ccc(C(=O)Nc2ccccc2[N+](=O)[O-])cc1. The number of para-hydroxylation sites is 2. The molecule has 0 spiro atoms. The van der Waals surface area contributed by atoms with Crippen molar-refractivity contribution in [2.75, 3.05) is 5.32 Å². The molecular formula is C14H13N3O3. The maximum absolute atomic E-state index is 12.0. The van der Waals surface area contributed by atoms with Gasteiger partial charge >= 0.3 is 0 Å². The van der Waals surface area contributed by atoms with Crippen molar-refractivity contribution in [2.45, 2.75) is 6.54 Å². The highest BCUT2D eigenvalue weighted by molar-refractivity contribution is 6.05. The molecule has 0 saturated carbocycles. The Morgan fingerprint density at radius 3 is 2.40 bits per heavy atom. The fourth-order valence-corrected chi connectivity index (χ4v) is 1.73. The van der Waals surface area contributed by atoms with Crippen LogP contribution in [0.5, 0.6) is 0 Å². The van der Waals surface area contributed by atoms with Crippen LogP contribution in [0.1, 0.15) is 15.9 Å². The molecule has 0 atom stereocenters. The van der Waals surface area contributed by atoms with E-state index in [1.165, 1.54) is 12.1 Å². The normalized spacial score (nSPS) is 10.1. The fraction of sp³-hybridized carbons (Fsp3) is 0.0714. The van der Waals surface area contributed by atoms with Gasteiger partial charge in [0.2, 0.25) is 0 Å². The van der Waals surface area contributed by atoms with Crippen molar-refractivity contribution in [3.8, 4) is 0 Å². The van der Waals surface area contributed by atoms with Crippen LogP contribution in [-0.2, 0) is 6.54 Å². The number of carbonyl (C=O) groups excluding carboxylic acids is 1. The van der Waals surface area contributed by atoms with Gasteiger partial charge in [0.05, 0.1) is 4.92 Å². The van der Waals surface area contributed by atoms with Gasteiger partial charge in [-0.1, -0.05) is 24.3 Å². The van der Waals surface area contributed by atoms with Gasteiger partial charge in [0.1, 0.15) is 5.69 Å². The highest BCUT2D eigenvalue weighted by Gasteiger charge is 2.15. The van der Waals surface area contributed by atoms with Gasteiger partial charge < -0.3 is 11.1 Å². The van der Waals surface area contributed by atoms with Crippen LogP contribution in [-0.4, -0.2) is 10.8 Å². The van der Waals surface area contributed by atoms with Gasteiger partial charge in [0.25, 0.3) is 11.6 Å². The second-order valence-corrected chi connectivity index (χ2v) is 4.13. The van der Waals surface area contributed by atoms with Gasteiger partial charge in [0, 0.05) is 18.2 Å². The maximum Gasteiger partial charge on any atom is 0.292 e. The van der Waals surface area contributed by atoms with Gasteiger partial charge in [-0.25, -0.2) is 0 Å². The van der Waals surface area contributed by atoms with E-state index in [0.29, 0.717) is 12.1 Å². The molecule has 0 aliphatic heterocycles. The molecule has 3 N–H and O–H groups in total. The van der Waals surface area contributed by atoms with E-state index >= 15 is 0 Å². The lowest BCUT2D eigenvalue weighted by molar-refractivity contribution is -0.383. The van der Waals surface area contributed by atoms with Crippen LogP contribution in [0.15, 0.2) is 48.5 Å². The molecule has 0 bridgehead atoms. The number of hydrogen-bond donors (Lipinski definition) is 2. The minimum Gasteiger partial charge on any atom is -0.326 e. The monoisotopic (exact) mass is 271 g/mol. The molecule has 102 valence electrons. The van der Waals surface area contributed by atoms with Crippen molar-refractivity contribution >= 4 is 17.3 Å². The molecule has 0 heterocycles. The Balaban J connectivity index is 2.21. The second kappa shape index (κ2) is 5.94. The number of rotatable bonds is 4. The molecular weight excluding hydrogens is 258 g/mol. The van der Waals surface area contributed by atoms with Gasteiger partial charge in [0.15, 0.2) is 0 Å². The van der Waals surface area contributed by atoms with E-state index in [-0.39, 0.29) is 11.4 Å². The zero-order valence-electron chi connectivity index (χ0n) is 10.6. The van der Waals surface area contributed by atoms with Crippen molar-refractivity contribution in [1.82, 2.24) is 0 Å². The van der Waals surface area contributed by atoms with Crippen LogP contribution in [0.3, 0.4) is 0 Å². The number of nitro benzene ring substituents is 1. The minimum absolute atomic E-state index is 0.139. The number of nitrogens with two attached hydrogens (primary N) is 1. The molecule has 0 fully saturated rings. The standard InChI is InChI=1S/C14H13N3O3/c15-9-10-5-7-11(8-6-10)14(18)16-12-3-1-2-4-13(12)17(19)20/h1-8H,9,15H2,(H,16,18). The Bertz CT molecular complexity index is 638. The summed E-state index contributed by atoms with van der Waals surface area (Å²) in [5, 5.41) is 13.4. The molecule has 2 rings (SSSR count). The molecule has 0 aromatic heterocycles. The summed E-state index contributed by atoms with van der Waals surface area (Å²) < 4.78 is 0. The molecule has 0 unspecified atom stereocenters. The molecule has 20 heavy (non-hydrogen) atoms. The van der Waals surface area contributed by atoms with E-state index in [2.05, 4.69) is 5.32 Å². The summed E-state index contributed by atoms with van der Waals surface area (Å²) in [6.07, 6.45) is 0. The number of nitro groups is 1. The van der Waals surface area contributed by atoms with E-state index in [0.717, 1.165) is 5.56 Å². The summed E-state index contributed by atoms with van der Waals surface area (Å²) >= 11 is 0. The average molecular weight is 271 g/mol. The quantitative estimate of drug-likeness (QED) is 0.658. The number of nitrogens with zero attached hydrogens (tertiary/aromatic N) is 1. The number of carbonyl (C=O) groups is 1. The van der Waals surface area contributed by atoms with Gasteiger partial charge in [-0.2, -0.15) is 0 Å². The van der Waals surface area contributed by atoms with Gasteiger partial charge in [-0.15, -0.1) is 0 Å². The largest absolute Gasteiger partial charge is 0.326 e. The third kappa shape index (κ3) is 2.99. The molecule has 6 nitrogen and oxygen atoms in total. The number of nitrogens with one attached hydrogen (secondary N) is 1. The molecule has 0 saturated heterocycles. The second-order valence-electron chi connectivity index (χ2n) is 4.13. The zero-order chi connectivity index (χ0) is 14.5. The zero-order valence-corrected chi connectivity index (χ0v) is 10.6. The number of anilines is 1. The number of benzene rings is 2. The predicted molar refractivity (Wildman–Crippen MR) is 75.4 cm³/mol. The lowest BCUT2D eigenvalue weighted by Crippen LogP contribution is -2.13. The van der Waals surface area contributed by atoms with Crippen LogP contribution in [0.2, 0.25) is 0 Å². The van der Waals surface area contributed by atoms with Crippen molar-refractivity contribution in [1.29, 1.82) is 0 Å². The van der Waals surface area contributed by atoms with Crippen LogP contribution in [0.4, 0.5) is 11.4 Å². The third-order valence-electron chi connectivity index (χ3n) is 2.80. The lowest BCUT2D eigenvalue weighted by Gasteiger charge is -2.06. The van der Waals surface area contributed by atoms with Gasteiger partial charge in [-0.05, 0) is 23.8 Å². The Labute approximate surface area is 115 Å². The first-order chi connectivity index (χ1) is 9.61. The molecule has 0 aliphatic carbocycles. The fourth-order valence-electron chi connectivity index (χ4n) is 1.73. The van der Waals surface area contributed by atoms with E-state index < -0.39 is 10.8 Å². The summed E-state index contributed by atoms with van der Waals surface area (Å²) in [5.74, 6) is -0.400. The first kappa shape index (κ1) is 13.7. The van der Waals surface area contributed by atoms with Crippen molar-refractivity contribution in [3.63, 3.8) is 0 Å². The molecule has 0 radical (unpaired) electrons. The summed E-state index contributed by atoms with van der Waals surface area (Å²) in [4.78, 5) is 22.4. The van der Waals surface area contributed by atoms with E-state index in [9.17, 15) is 14.9 Å². The van der Waals surface area contributed by atoms with Crippen LogP contribution in [0, 0.1) is 10.1 Å². The van der Waals surface area contributed by atoms with Gasteiger partial charge in [-0.3, -0.25) is 14.9 Å². The average Bonchev–Trinajstić information content (AvgIpc) is 2.47. The maximum atomic E-state index is 12.0. The Morgan fingerprint density at radius 2 is 1.80 bits per heavy atom. The van der Waals surface area contributed by atoms with Crippen molar-refractivity contribution in [2.24, 2.45) is 5.73 Å². The molecule has 1 amide bonds. The molecule has 2 aromatic carbocycles. The molecule has 0 aliphatic rings. The van der Waals surface area contributed by atoms with Crippen LogP contribution >= 0.6 is 0 Å². The van der Waals surface area contributed by atoms with Crippen LogP contribution in [0.25, 0.3) is 0 Å². The highest BCUT2D eigenvalue weighted by atomic mass is 16.6. The summed E-state index contributed by atoms with van der Waals surface area (Å²) in [5.41, 5.74) is 6.84. The van der Waals surface area contributed by atoms with E-state index in [4.69, 9.17) is 5.73 Å². The lowest BCUT2D eigenvalue weighted by atomic mass is 10.1.